The van der Waals surface area contributed by atoms with Gasteiger partial charge in [0.05, 0.1) is 5.92 Å². The van der Waals surface area contributed by atoms with E-state index in [1.165, 1.54) is 32.4 Å². The molecule has 0 radical (unpaired) electrons. The van der Waals surface area contributed by atoms with Crippen molar-refractivity contribution in [2.24, 2.45) is 10.9 Å². The van der Waals surface area contributed by atoms with Crippen molar-refractivity contribution in [2.45, 2.75) is 75.5 Å². The number of nitrogens with one attached hydrogen (secondary N) is 2. The maximum absolute atomic E-state index is 12.9. The highest BCUT2D eigenvalue weighted by atomic mass is 19.4. The molecule has 1 saturated carbocycles. The first kappa shape index (κ1) is 22.7. The molecule has 0 aromatic heterocycles. The Balaban J connectivity index is 1.54. The van der Waals surface area contributed by atoms with Crippen molar-refractivity contribution in [1.29, 1.82) is 0 Å². The van der Waals surface area contributed by atoms with E-state index in [1.54, 1.807) is 7.05 Å². The van der Waals surface area contributed by atoms with Gasteiger partial charge in [0.15, 0.2) is 5.96 Å². The van der Waals surface area contributed by atoms with Crippen LogP contribution in [0.25, 0.3) is 0 Å². The van der Waals surface area contributed by atoms with Gasteiger partial charge in [0.2, 0.25) is 0 Å². The molecule has 0 bridgehead atoms. The predicted molar refractivity (Wildman–Crippen MR) is 111 cm³/mol. The van der Waals surface area contributed by atoms with Gasteiger partial charge in [0.25, 0.3) is 0 Å². The van der Waals surface area contributed by atoms with Crippen LogP contribution in [0, 0.1) is 5.92 Å². The van der Waals surface area contributed by atoms with Crippen LogP contribution < -0.4 is 10.6 Å². The second kappa shape index (κ2) is 9.86. The number of guanidine groups is 1. The Hall–Kier alpha value is -1.02. The fourth-order valence-corrected chi connectivity index (χ4v) is 5.21. The molecule has 29 heavy (non-hydrogen) atoms. The molecule has 0 aromatic carbocycles. The lowest BCUT2D eigenvalue weighted by molar-refractivity contribution is -0.182. The Kier molecular flexibility index (Phi) is 7.70. The number of halogens is 3. The predicted octanol–water partition coefficient (Wildman–Crippen LogP) is 3.22. The second-order valence-electron chi connectivity index (χ2n) is 9.24. The molecule has 168 valence electrons. The number of piperidine rings is 2. The van der Waals surface area contributed by atoms with Crippen LogP contribution in [0.1, 0.15) is 57.8 Å². The fourth-order valence-electron chi connectivity index (χ4n) is 5.21. The van der Waals surface area contributed by atoms with Crippen LogP contribution >= 0.6 is 0 Å². The summed E-state index contributed by atoms with van der Waals surface area (Å²) in [4.78, 5) is 9.44. The summed E-state index contributed by atoms with van der Waals surface area (Å²) < 4.78 is 38.7. The van der Waals surface area contributed by atoms with Crippen molar-refractivity contribution < 1.29 is 13.2 Å². The van der Waals surface area contributed by atoms with E-state index in [2.05, 4.69) is 32.5 Å². The van der Waals surface area contributed by atoms with Crippen molar-refractivity contribution >= 4 is 5.96 Å². The van der Waals surface area contributed by atoms with E-state index in [0.717, 1.165) is 38.4 Å². The first-order chi connectivity index (χ1) is 13.8. The molecule has 2 aliphatic heterocycles. The van der Waals surface area contributed by atoms with Crippen LogP contribution in [0.15, 0.2) is 4.99 Å². The summed E-state index contributed by atoms with van der Waals surface area (Å²) in [6.07, 6.45) is 3.61. The van der Waals surface area contributed by atoms with Gasteiger partial charge in [-0.3, -0.25) is 9.89 Å². The molecule has 0 unspecified atom stereocenters. The minimum absolute atomic E-state index is 0.0724. The number of alkyl halides is 3. The van der Waals surface area contributed by atoms with Crippen LogP contribution in [0.3, 0.4) is 0 Å². The van der Waals surface area contributed by atoms with Gasteiger partial charge in [-0.1, -0.05) is 6.42 Å². The van der Waals surface area contributed by atoms with Crippen LogP contribution in [0.2, 0.25) is 0 Å². The summed E-state index contributed by atoms with van der Waals surface area (Å²) >= 11 is 0. The van der Waals surface area contributed by atoms with Crippen LogP contribution in [0.4, 0.5) is 13.2 Å². The highest BCUT2D eigenvalue weighted by Gasteiger charge is 2.42. The SMILES string of the molecule is CN=C(NCC1(N2CCCCC2)CCN(C)CC1)NC1CCC(C(F)(F)F)CC1. The van der Waals surface area contributed by atoms with E-state index in [1.807, 2.05) is 0 Å². The van der Waals surface area contributed by atoms with Gasteiger partial charge in [0, 0.05) is 25.2 Å². The largest absolute Gasteiger partial charge is 0.391 e. The summed E-state index contributed by atoms with van der Waals surface area (Å²) in [5.41, 5.74) is 0.151. The van der Waals surface area contributed by atoms with Gasteiger partial charge < -0.3 is 15.5 Å². The monoisotopic (exact) mass is 417 g/mol. The summed E-state index contributed by atoms with van der Waals surface area (Å²) in [5.74, 6) is -0.409. The number of hydrogen-bond acceptors (Lipinski definition) is 3. The molecule has 8 heteroatoms. The lowest BCUT2D eigenvalue weighted by Gasteiger charge is -2.50. The molecule has 2 saturated heterocycles. The van der Waals surface area contributed by atoms with Gasteiger partial charge in [-0.15, -0.1) is 0 Å². The number of hydrogen-bond donors (Lipinski definition) is 2. The van der Waals surface area contributed by atoms with E-state index in [-0.39, 0.29) is 24.4 Å². The highest BCUT2D eigenvalue weighted by molar-refractivity contribution is 5.80. The topological polar surface area (TPSA) is 42.9 Å². The van der Waals surface area contributed by atoms with Gasteiger partial charge in [-0.05, 0) is 84.6 Å². The standard InChI is InChI=1S/C21H38F3N5/c1-25-19(27-18-8-6-17(7-9-18)21(22,23)24)26-16-20(10-14-28(2)15-11-20)29-12-4-3-5-13-29/h17-18H,3-16H2,1-2H3,(H2,25,26,27). The van der Waals surface area contributed by atoms with Crippen molar-refractivity contribution in [2.75, 3.05) is 46.8 Å². The molecule has 0 aromatic rings. The van der Waals surface area contributed by atoms with Crippen molar-refractivity contribution in [3.05, 3.63) is 0 Å². The van der Waals surface area contributed by atoms with Crippen LogP contribution in [0.5, 0.6) is 0 Å². The maximum atomic E-state index is 12.9. The molecule has 3 rings (SSSR count). The molecular formula is C21H38F3N5. The zero-order valence-electron chi connectivity index (χ0n) is 18.0. The quantitative estimate of drug-likeness (QED) is 0.545. The number of rotatable bonds is 4. The Morgan fingerprint density at radius 2 is 1.62 bits per heavy atom. The third-order valence-corrected chi connectivity index (χ3v) is 7.28. The Morgan fingerprint density at radius 3 is 2.17 bits per heavy atom. The van der Waals surface area contributed by atoms with Crippen molar-refractivity contribution in [3.63, 3.8) is 0 Å². The molecule has 0 atom stereocenters. The van der Waals surface area contributed by atoms with E-state index < -0.39 is 12.1 Å². The zero-order valence-corrected chi connectivity index (χ0v) is 18.0. The van der Waals surface area contributed by atoms with Gasteiger partial charge in [-0.25, -0.2) is 0 Å². The average molecular weight is 418 g/mol. The number of aliphatic imine (C=N–C) groups is 1. The molecule has 2 N–H and O–H groups in total. The molecule has 0 amide bonds. The average Bonchev–Trinajstić information content (AvgIpc) is 2.73. The van der Waals surface area contributed by atoms with Crippen LogP contribution in [-0.2, 0) is 0 Å². The van der Waals surface area contributed by atoms with E-state index >= 15 is 0 Å². The minimum Gasteiger partial charge on any atom is -0.355 e. The van der Waals surface area contributed by atoms with E-state index in [0.29, 0.717) is 12.8 Å². The maximum Gasteiger partial charge on any atom is 0.391 e. The first-order valence-corrected chi connectivity index (χ1v) is 11.3. The summed E-state index contributed by atoms with van der Waals surface area (Å²) in [7, 11) is 3.93. The normalized spacial score (nSPS) is 30.2. The van der Waals surface area contributed by atoms with Crippen LogP contribution in [-0.4, -0.2) is 80.3 Å². The smallest absolute Gasteiger partial charge is 0.355 e. The van der Waals surface area contributed by atoms with Gasteiger partial charge >= 0.3 is 6.18 Å². The molecule has 3 fully saturated rings. The minimum atomic E-state index is -4.06. The molecule has 3 aliphatic rings. The van der Waals surface area contributed by atoms with E-state index in [9.17, 15) is 13.2 Å². The highest BCUT2D eigenvalue weighted by Crippen LogP contribution is 2.37. The lowest BCUT2D eigenvalue weighted by Crippen LogP contribution is -2.62. The Labute approximate surface area is 173 Å². The fraction of sp³-hybridized carbons (Fsp3) is 0.952. The van der Waals surface area contributed by atoms with Crippen molar-refractivity contribution in [3.8, 4) is 0 Å². The first-order valence-electron chi connectivity index (χ1n) is 11.3. The second-order valence-corrected chi connectivity index (χ2v) is 9.24. The lowest BCUT2D eigenvalue weighted by atomic mass is 9.84. The third kappa shape index (κ3) is 6.00. The van der Waals surface area contributed by atoms with Crippen molar-refractivity contribution in [1.82, 2.24) is 20.4 Å². The summed E-state index contributed by atoms with van der Waals surface area (Å²) in [6, 6.07) is 0.0724. The number of likely N-dealkylation sites (tertiary alicyclic amines) is 2. The molecular weight excluding hydrogens is 379 g/mol. The summed E-state index contributed by atoms with van der Waals surface area (Å²) in [6.45, 7) is 5.38. The zero-order chi connectivity index (χ0) is 20.9. The Bertz CT molecular complexity index is 529. The van der Waals surface area contributed by atoms with Gasteiger partial charge in [-0.2, -0.15) is 13.2 Å². The summed E-state index contributed by atoms with van der Waals surface area (Å²) in [5, 5.41) is 6.93. The molecule has 0 spiro atoms. The Morgan fingerprint density at radius 1 is 1.00 bits per heavy atom. The molecule has 5 nitrogen and oxygen atoms in total. The molecule has 2 heterocycles. The third-order valence-electron chi connectivity index (χ3n) is 7.28. The van der Waals surface area contributed by atoms with E-state index in [4.69, 9.17) is 0 Å². The number of nitrogens with zero attached hydrogens (tertiary/aromatic N) is 3. The van der Waals surface area contributed by atoms with Gasteiger partial charge in [0.1, 0.15) is 0 Å². The molecule has 1 aliphatic carbocycles.